The van der Waals surface area contributed by atoms with Gasteiger partial charge in [0.15, 0.2) is 5.78 Å². The van der Waals surface area contributed by atoms with Gasteiger partial charge in [0.2, 0.25) is 0 Å². The smallest absolute Gasteiger partial charge is 0.163 e. The maximum Gasteiger partial charge on any atom is 0.163 e. The summed E-state index contributed by atoms with van der Waals surface area (Å²) >= 11 is 0. The summed E-state index contributed by atoms with van der Waals surface area (Å²) in [4.78, 5) is 11.7. The van der Waals surface area contributed by atoms with Crippen molar-refractivity contribution in [1.82, 2.24) is 0 Å². The van der Waals surface area contributed by atoms with Crippen molar-refractivity contribution in [2.45, 2.75) is 26.2 Å². The lowest BCUT2D eigenvalue weighted by Crippen LogP contribution is -2.00. The van der Waals surface area contributed by atoms with E-state index < -0.39 is 0 Å². The molecule has 2 heteroatoms. The average Bonchev–Trinajstić information content (AvgIpc) is 2.33. The number of carbonyl (C=O) groups is 1. The maximum atomic E-state index is 11.7. The summed E-state index contributed by atoms with van der Waals surface area (Å²) in [5.74, 6) is 0.910. The molecule has 0 spiro atoms. The summed E-state index contributed by atoms with van der Waals surface area (Å²) in [5, 5.41) is 0. The first-order valence-corrected chi connectivity index (χ1v) is 5.65. The average molecular weight is 218 g/mol. The summed E-state index contributed by atoms with van der Waals surface area (Å²) in [7, 11) is 0. The first kappa shape index (κ1) is 12.5. The predicted octanol–water partition coefficient (Wildman–Crippen LogP) is 3.62. The molecule has 2 nitrogen and oxygen atoms in total. The Kier molecular flexibility index (Phi) is 5.34. The number of ketones is 1. The third-order valence-corrected chi connectivity index (χ3v) is 2.20. The van der Waals surface area contributed by atoms with Gasteiger partial charge in [0.1, 0.15) is 5.75 Å². The van der Waals surface area contributed by atoms with Crippen LogP contribution in [0.5, 0.6) is 5.75 Å². The highest BCUT2D eigenvalue weighted by atomic mass is 16.5. The van der Waals surface area contributed by atoms with Gasteiger partial charge < -0.3 is 4.74 Å². The molecule has 0 aliphatic heterocycles. The largest absolute Gasteiger partial charge is 0.494 e. The SMILES string of the molecule is C=CCCC(=O)c1cccc(OCCC)c1. The molecule has 0 aliphatic rings. The van der Waals surface area contributed by atoms with Crippen molar-refractivity contribution in [3.63, 3.8) is 0 Å². The minimum Gasteiger partial charge on any atom is -0.494 e. The summed E-state index contributed by atoms with van der Waals surface area (Å²) in [5.41, 5.74) is 0.718. The molecular weight excluding hydrogens is 200 g/mol. The van der Waals surface area contributed by atoms with E-state index in [1.165, 1.54) is 0 Å². The Labute approximate surface area is 96.9 Å². The van der Waals surface area contributed by atoms with Crippen LogP contribution >= 0.6 is 0 Å². The van der Waals surface area contributed by atoms with Crippen LogP contribution in [0.1, 0.15) is 36.5 Å². The van der Waals surface area contributed by atoms with E-state index >= 15 is 0 Å². The van der Waals surface area contributed by atoms with Crippen LogP contribution in [0, 0.1) is 0 Å². The number of allylic oxidation sites excluding steroid dienone is 1. The second-order valence-electron chi connectivity index (χ2n) is 3.63. The third kappa shape index (κ3) is 3.89. The van der Waals surface area contributed by atoms with Crippen molar-refractivity contribution in [2.24, 2.45) is 0 Å². The lowest BCUT2D eigenvalue weighted by atomic mass is 10.1. The summed E-state index contributed by atoms with van der Waals surface area (Å²) < 4.78 is 5.48. The topological polar surface area (TPSA) is 26.3 Å². The fourth-order valence-electron chi connectivity index (χ4n) is 1.36. The second kappa shape index (κ2) is 6.83. The number of rotatable bonds is 7. The van der Waals surface area contributed by atoms with E-state index in [0.717, 1.165) is 24.2 Å². The van der Waals surface area contributed by atoms with Gasteiger partial charge in [0.05, 0.1) is 6.61 Å². The Morgan fingerprint density at radius 3 is 3.00 bits per heavy atom. The van der Waals surface area contributed by atoms with Gasteiger partial charge in [-0.3, -0.25) is 4.79 Å². The van der Waals surface area contributed by atoms with E-state index in [-0.39, 0.29) is 5.78 Å². The Hall–Kier alpha value is -1.57. The molecule has 0 amide bonds. The fraction of sp³-hybridized carbons (Fsp3) is 0.357. The quantitative estimate of drug-likeness (QED) is 0.516. The van der Waals surface area contributed by atoms with Crippen molar-refractivity contribution in [2.75, 3.05) is 6.61 Å². The first-order chi connectivity index (χ1) is 7.77. The zero-order valence-electron chi connectivity index (χ0n) is 9.74. The summed E-state index contributed by atoms with van der Waals surface area (Å²) in [6, 6.07) is 7.36. The van der Waals surface area contributed by atoms with Gasteiger partial charge in [-0.1, -0.05) is 25.1 Å². The molecule has 0 saturated heterocycles. The number of benzene rings is 1. The third-order valence-electron chi connectivity index (χ3n) is 2.20. The van der Waals surface area contributed by atoms with Crippen molar-refractivity contribution in [1.29, 1.82) is 0 Å². The van der Waals surface area contributed by atoms with Gasteiger partial charge in [0.25, 0.3) is 0 Å². The van der Waals surface area contributed by atoms with Gasteiger partial charge in [-0.05, 0) is 25.0 Å². The van der Waals surface area contributed by atoms with E-state index in [1.54, 1.807) is 12.1 Å². The molecule has 0 heterocycles. The molecule has 1 aromatic carbocycles. The monoisotopic (exact) mass is 218 g/mol. The number of hydrogen-bond acceptors (Lipinski definition) is 2. The van der Waals surface area contributed by atoms with E-state index in [1.807, 2.05) is 18.2 Å². The van der Waals surface area contributed by atoms with Crippen LogP contribution in [0.4, 0.5) is 0 Å². The van der Waals surface area contributed by atoms with Crippen LogP contribution in [0.2, 0.25) is 0 Å². The fourth-order valence-corrected chi connectivity index (χ4v) is 1.36. The molecule has 0 aliphatic carbocycles. The van der Waals surface area contributed by atoms with Gasteiger partial charge >= 0.3 is 0 Å². The Bertz CT molecular complexity index is 356. The van der Waals surface area contributed by atoms with E-state index in [2.05, 4.69) is 13.5 Å². The lowest BCUT2D eigenvalue weighted by molar-refractivity contribution is 0.0983. The molecule has 1 aromatic rings. The highest BCUT2D eigenvalue weighted by molar-refractivity contribution is 5.96. The molecule has 0 fully saturated rings. The van der Waals surface area contributed by atoms with E-state index in [4.69, 9.17) is 4.74 Å². The van der Waals surface area contributed by atoms with Crippen LogP contribution in [0.25, 0.3) is 0 Å². The molecule has 16 heavy (non-hydrogen) atoms. The van der Waals surface area contributed by atoms with Crippen LogP contribution in [-0.2, 0) is 0 Å². The Morgan fingerprint density at radius 1 is 1.50 bits per heavy atom. The van der Waals surface area contributed by atoms with E-state index in [9.17, 15) is 4.79 Å². The Balaban J connectivity index is 2.65. The van der Waals surface area contributed by atoms with Crippen molar-refractivity contribution in [3.8, 4) is 5.75 Å². The molecule has 0 unspecified atom stereocenters. The van der Waals surface area contributed by atoms with Crippen molar-refractivity contribution >= 4 is 5.78 Å². The van der Waals surface area contributed by atoms with Gasteiger partial charge in [-0.25, -0.2) is 0 Å². The van der Waals surface area contributed by atoms with Gasteiger partial charge in [-0.15, -0.1) is 6.58 Å². The number of hydrogen-bond donors (Lipinski definition) is 0. The zero-order chi connectivity index (χ0) is 11.8. The molecule has 0 atom stereocenters. The van der Waals surface area contributed by atoms with E-state index in [0.29, 0.717) is 13.0 Å². The van der Waals surface area contributed by atoms with Crippen LogP contribution in [-0.4, -0.2) is 12.4 Å². The van der Waals surface area contributed by atoms with Crippen LogP contribution in [0.3, 0.4) is 0 Å². The zero-order valence-corrected chi connectivity index (χ0v) is 9.74. The molecule has 0 saturated carbocycles. The molecule has 1 rings (SSSR count). The maximum absolute atomic E-state index is 11.7. The van der Waals surface area contributed by atoms with Gasteiger partial charge in [-0.2, -0.15) is 0 Å². The Morgan fingerprint density at radius 2 is 2.31 bits per heavy atom. The minimum atomic E-state index is 0.141. The van der Waals surface area contributed by atoms with Crippen molar-refractivity contribution in [3.05, 3.63) is 42.5 Å². The lowest BCUT2D eigenvalue weighted by Gasteiger charge is -2.06. The number of Topliss-reactive ketones (excluding diaryl/α,β-unsaturated/α-hetero) is 1. The van der Waals surface area contributed by atoms with Crippen molar-refractivity contribution < 1.29 is 9.53 Å². The number of carbonyl (C=O) groups excluding carboxylic acids is 1. The molecule has 0 radical (unpaired) electrons. The molecule has 0 bridgehead atoms. The standard InChI is InChI=1S/C14H18O2/c1-3-5-9-14(15)12-7-6-8-13(11-12)16-10-4-2/h3,6-8,11H,1,4-5,9-10H2,2H3. The van der Waals surface area contributed by atoms with Gasteiger partial charge in [0, 0.05) is 12.0 Å². The minimum absolute atomic E-state index is 0.141. The highest BCUT2D eigenvalue weighted by Crippen LogP contribution is 2.15. The predicted molar refractivity (Wildman–Crippen MR) is 66.0 cm³/mol. The molecular formula is C14H18O2. The van der Waals surface area contributed by atoms with Crippen LogP contribution in [0.15, 0.2) is 36.9 Å². The summed E-state index contributed by atoms with van der Waals surface area (Å²) in [6.45, 7) is 6.35. The molecule has 86 valence electrons. The number of ether oxygens (including phenoxy) is 1. The highest BCUT2D eigenvalue weighted by Gasteiger charge is 2.05. The normalized spacial score (nSPS) is 9.81. The van der Waals surface area contributed by atoms with Crippen LogP contribution < -0.4 is 4.74 Å². The molecule has 0 aromatic heterocycles. The second-order valence-corrected chi connectivity index (χ2v) is 3.63. The molecule has 0 N–H and O–H groups in total. The first-order valence-electron chi connectivity index (χ1n) is 5.65. The summed E-state index contributed by atoms with van der Waals surface area (Å²) in [6.07, 6.45) is 3.96.